The fourth-order valence-electron chi connectivity index (χ4n) is 13.5. The number of rotatable bonds is 18. The summed E-state index contributed by atoms with van der Waals surface area (Å²) in [6, 6.07) is 71.0. The SMILES string of the molecule is C=CCc1cc(C2(c3ccc(O)c(CCC[Si](C)(C)c4ccc([Si](C)(C)CCCc5cc(C6(c7ccc(O)c(CC=C)c7)c7ccccc7-c7ccccc76)ccc5O)cc4)c3)c3ccccc3-c3ccccc32)ccc1O. The third-order valence-electron chi connectivity index (χ3n) is 17.6. The predicted molar refractivity (Wildman–Crippen MR) is 329 cm³/mol. The molecule has 2 aliphatic rings. The summed E-state index contributed by atoms with van der Waals surface area (Å²) in [6.45, 7) is 17.9. The second-order valence-corrected chi connectivity index (χ2v) is 32.8. The van der Waals surface area contributed by atoms with Gasteiger partial charge in [0.1, 0.15) is 23.0 Å². The van der Waals surface area contributed by atoms with Crippen molar-refractivity contribution in [3.63, 3.8) is 0 Å². The van der Waals surface area contributed by atoms with Crippen molar-refractivity contribution < 1.29 is 20.4 Å². The molecule has 9 aromatic carbocycles. The number of hydrogen-bond donors (Lipinski definition) is 4. The number of hydrogen-bond acceptors (Lipinski definition) is 4. The maximum absolute atomic E-state index is 11.5. The zero-order chi connectivity index (χ0) is 54.4. The van der Waals surface area contributed by atoms with Gasteiger partial charge in [-0.1, -0.05) is 244 Å². The standard InChI is InChI=1S/C72H70O4Si2/c1-7-19-49-45-53(31-39-67(49)73)71(63-27-13-9-23-59(63)60-24-10-14-28-64(60)71)55-33-41-69(75)51(47-55)21-17-43-77(3,4)57-35-37-58(38-36-57)78(5,6)44-18-22-52-48-56(34-42-70(52)76)72(54-32-40-68(74)50(46-54)20-8-2)65-29-15-11-25-61(65)62-26-12-16-30-66(62)72/h7-16,23-42,45-48,73-76H,1-2,17-22,43-44H2,3-6H3. The first-order valence-electron chi connectivity index (χ1n) is 27.7. The lowest BCUT2D eigenvalue weighted by Crippen LogP contribution is -2.45. The number of aryl methyl sites for hydroxylation is 2. The normalized spacial score (nSPS) is 13.8. The highest BCUT2D eigenvalue weighted by atomic mass is 28.3. The van der Waals surface area contributed by atoms with Crippen LogP contribution in [0.2, 0.25) is 38.3 Å². The lowest BCUT2D eigenvalue weighted by atomic mass is 9.67. The van der Waals surface area contributed by atoms with Crippen molar-refractivity contribution in [1.82, 2.24) is 0 Å². The largest absolute Gasteiger partial charge is 0.508 e. The van der Waals surface area contributed by atoms with Gasteiger partial charge in [0.15, 0.2) is 0 Å². The number of aromatic hydroxyl groups is 4. The molecule has 6 heteroatoms. The van der Waals surface area contributed by atoms with Crippen LogP contribution in [-0.4, -0.2) is 36.6 Å². The first-order chi connectivity index (χ1) is 37.7. The molecule has 4 N–H and O–H groups in total. The predicted octanol–water partition coefficient (Wildman–Crippen LogP) is 15.8. The molecule has 0 aliphatic heterocycles. The van der Waals surface area contributed by atoms with Gasteiger partial charge in [-0.25, -0.2) is 0 Å². The van der Waals surface area contributed by atoms with Crippen LogP contribution >= 0.6 is 0 Å². The fourth-order valence-corrected chi connectivity index (χ4v) is 18.3. The lowest BCUT2D eigenvalue weighted by molar-refractivity contribution is 0.466. The van der Waals surface area contributed by atoms with Gasteiger partial charge in [-0.15, -0.1) is 13.2 Å². The summed E-state index contributed by atoms with van der Waals surface area (Å²) in [5, 5.41) is 47.8. The Morgan fingerprint density at radius 3 is 0.923 bits per heavy atom. The van der Waals surface area contributed by atoms with E-state index in [-0.39, 0.29) is 11.5 Å². The Morgan fingerprint density at radius 2 is 0.628 bits per heavy atom. The molecule has 0 spiro atoms. The van der Waals surface area contributed by atoms with Gasteiger partial charge in [-0.2, -0.15) is 0 Å². The highest BCUT2D eigenvalue weighted by Gasteiger charge is 2.48. The third kappa shape index (κ3) is 8.85. The summed E-state index contributed by atoms with van der Waals surface area (Å²) in [4.78, 5) is 0. The van der Waals surface area contributed by atoms with Crippen LogP contribution < -0.4 is 10.4 Å². The highest BCUT2D eigenvalue weighted by Crippen LogP contribution is 2.58. The average molecular weight is 1060 g/mol. The maximum Gasteiger partial charge on any atom is 0.119 e. The molecule has 11 rings (SSSR count). The minimum absolute atomic E-state index is 0.265. The lowest BCUT2D eigenvalue weighted by Gasteiger charge is -2.34. The maximum atomic E-state index is 11.5. The van der Waals surface area contributed by atoms with E-state index in [0.29, 0.717) is 24.3 Å². The number of fused-ring (bicyclic) bond motifs is 6. The number of benzene rings is 9. The van der Waals surface area contributed by atoms with E-state index in [4.69, 9.17) is 0 Å². The van der Waals surface area contributed by atoms with Crippen LogP contribution in [0.1, 0.15) is 79.6 Å². The molecule has 0 saturated carbocycles. The highest BCUT2D eigenvalue weighted by molar-refractivity contribution is 6.91. The average Bonchev–Trinajstić information content (AvgIpc) is 3.96. The van der Waals surface area contributed by atoms with Crippen LogP contribution in [0, 0.1) is 0 Å². The van der Waals surface area contributed by atoms with Crippen molar-refractivity contribution in [2.75, 3.05) is 0 Å². The molecule has 0 radical (unpaired) electrons. The summed E-state index contributed by atoms with van der Waals surface area (Å²) in [6.07, 6.45) is 8.23. The van der Waals surface area contributed by atoms with Gasteiger partial charge in [0, 0.05) is 0 Å². The van der Waals surface area contributed by atoms with Crippen molar-refractivity contribution in [3.8, 4) is 45.3 Å². The molecule has 0 heterocycles. The molecule has 0 saturated heterocycles. The quantitative estimate of drug-likeness (QED) is 0.0510. The van der Waals surface area contributed by atoms with Gasteiger partial charge in [-0.05, 0) is 139 Å². The number of phenolic OH excluding ortho intramolecular Hbond substituents is 4. The molecule has 0 unspecified atom stereocenters. The molecule has 0 bridgehead atoms. The van der Waals surface area contributed by atoms with E-state index >= 15 is 0 Å². The molecule has 0 atom stereocenters. The molecule has 390 valence electrons. The molecular weight excluding hydrogens is 985 g/mol. The topological polar surface area (TPSA) is 80.9 Å². The summed E-state index contributed by atoms with van der Waals surface area (Å²) in [5.41, 5.74) is 16.2. The fraction of sp³-hybridized carbons (Fsp3) is 0.194. The second-order valence-electron chi connectivity index (χ2n) is 23.1. The molecule has 0 fully saturated rings. The Labute approximate surface area is 463 Å². The van der Waals surface area contributed by atoms with Crippen molar-refractivity contribution in [1.29, 1.82) is 0 Å². The third-order valence-corrected chi connectivity index (χ3v) is 24.6. The first kappa shape index (κ1) is 52.2. The van der Waals surface area contributed by atoms with E-state index < -0.39 is 27.0 Å². The molecule has 2 aliphatic carbocycles. The van der Waals surface area contributed by atoms with Gasteiger partial charge in [0.2, 0.25) is 0 Å². The van der Waals surface area contributed by atoms with E-state index in [1.165, 1.54) is 54.9 Å². The van der Waals surface area contributed by atoms with Gasteiger partial charge >= 0.3 is 0 Å². The van der Waals surface area contributed by atoms with Crippen molar-refractivity contribution >= 4 is 26.5 Å². The van der Waals surface area contributed by atoms with E-state index in [2.05, 4.69) is 209 Å². The minimum atomic E-state index is -1.87. The van der Waals surface area contributed by atoms with Crippen molar-refractivity contribution in [2.24, 2.45) is 0 Å². The zero-order valence-electron chi connectivity index (χ0n) is 45.5. The van der Waals surface area contributed by atoms with Crippen LogP contribution in [0.5, 0.6) is 23.0 Å². The van der Waals surface area contributed by atoms with Crippen molar-refractivity contribution in [2.45, 2.75) is 87.6 Å². The number of allylic oxidation sites excluding steroid dienone is 2. The van der Waals surface area contributed by atoms with E-state index in [9.17, 15) is 20.4 Å². The molecule has 0 aromatic heterocycles. The number of phenols is 4. The molecular formula is C72H70O4Si2. The van der Waals surface area contributed by atoms with Crippen LogP contribution in [0.15, 0.2) is 219 Å². The van der Waals surface area contributed by atoms with Gasteiger partial charge in [0.25, 0.3) is 0 Å². The van der Waals surface area contributed by atoms with Gasteiger partial charge in [-0.3, -0.25) is 0 Å². The van der Waals surface area contributed by atoms with E-state index in [1.807, 2.05) is 36.4 Å². The Hall–Kier alpha value is -7.91. The van der Waals surface area contributed by atoms with E-state index in [1.54, 1.807) is 0 Å². The monoisotopic (exact) mass is 1050 g/mol. The Kier molecular flexibility index (Phi) is 13.9. The van der Waals surface area contributed by atoms with Crippen molar-refractivity contribution in [3.05, 3.63) is 286 Å². The summed E-state index contributed by atoms with van der Waals surface area (Å²) in [7, 11) is -3.75. The van der Waals surface area contributed by atoms with Crippen LogP contribution in [0.25, 0.3) is 22.3 Å². The van der Waals surface area contributed by atoms with Crippen LogP contribution in [0.3, 0.4) is 0 Å². The first-order valence-corrected chi connectivity index (χ1v) is 34.1. The smallest absolute Gasteiger partial charge is 0.119 e. The zero-order valence-corrected chi connectivity index (χ0v) is 47.5. The van der Waals surface area contributed by atoms with E-state index in [0.717, 1.165) is 82.3 Å². The van der Waals surface area contributed by atoms with Gasteiger partial charge < -0.3 is 20.4 Å². The van der Waals surface area contributed by atoms with Crippen LogP contribution in [-0.2, 0) is 36.5 Å². The molecule has 9 aromatic rings. The van der Waals surface area contributed by atoms with Crippen LogP contribution in [0.4, 0.5) is 0 Å². The van der Waals surface area contributed by atoms with Gasteiger partial charge in [0.05, 0.1) is 27.0 Å². The minimum Gasteiger partial charge on any atom is -0.508 e. The molecule has 4 nitrogen and oxygen atoms in total. The molecule has 78 heavy (non-hydrogen) atoms. The Morgan fingerprint density at radius 1 is 0.359 bits per heavy atom. The second kappa shape index (κ2) is 20.8. The Bertz CT molecular complexity index is 3420. The Balaban J connectivity index is 0.807. The molecule has 0 amide bonds. The summed E-state index contributed by atoms with van der Waals surface area (Å²) >= 11 is 0. The summed E-state index contributed by atoms with van der Waals surface area (Å²) < 4.78 is 0. The summed E-state index contributed by atoms with van der Waals surface area (Å²) in [5.74, 6) is 1.18.